The van der Waals surface area contributed by atoms with Gasteiger partial charge in [-0.2, -0.15) is 0 Å². The Hall–Kier alpha value is -5.86. The molecule has 9 rings (SSSR count). The van der Waals surface area contributed by atoms with Gasteiger partial charge < -0.3 is 9.13 Å². The number of rotatable bonds is 4. The van der Waals surface area contributed by atoms with Crippen molar-refractivity contribution >= 4 is 43.6 Å². The van der Waals surface area contributed by atoms with Crippen molar-refractivity contribution in [1.29, 1.82) is 0 Å². The van der Waals surface area contributed by atoms with Gasteiger partial charge in [0.15, 0.2) is 0 Å². The molecular weight excluding hydrogens is 532 g/mol. The molecule has 44 heavy (non-hydrogen) atoms. The summed E-state index contributed by atoms with van der Waals surface area (Å²) in [4.78, 5) is 0. The number of nitrogens with zero attached hydrogens (tertiary/aromatic N) is 2. The first-order valence-corrected chi connectivity index (χ1v) is 15.1. The van der Waals surface area contributed by atoms with E-state index in [1.807, 2.05) is 0 Å². The summed E-state index contributed by atoms with van der Waals surface area (Å²) in [7, 11) is 0. The maximum Gasteiger partial charge on any atom is 0.0641 e. The second kappa shape index (κ2) is 9.86. The molecule has 7 aromatic carbocycles. The van der Waals surface area contributed by atoms with Crippen LogP contribution in [0.2, 0.25) is 0 Å². The van der Waals surface area contributed by atoms with Crippen LogP contribution in [0.15, 0.2) is 170 Å². The first kappa shape index (κ1) is 24.7. The van der Waals surface area contributed by atoms with E-state index in [1.54, 1.807) is 0 Å². The molecule has 2 heteroatoms. The lowest BCUT2D eigenvalue weighted by Crippen LogP contribution is -2.01. The van der Waals surface area contributed by atoms with Gasteiger partial charge in [-0.05, 0) is 41.5 Å². The van der Waals surface area contributed by atoms with Gasteiger partial charge in [0.25, 0.3) is 0 Å². The van der Waals surface area contributed by atoms with Crippen LogP contribution in [0, 0.1) is 0 Å². The molecule has 0 fully saturated rings. The van der Waals surface area contributed by atoms with E-state index in [0.29, 0.717) is 0 Å². The smallest absolute Gasteiger partial charge is 0.0641 e. The second-order valence-electron chi connectivity index (χ2n) is 11.3. The number of aromatic nitrogens is 2. The van der Waals surface area contributed by atoms with Gasteiger partial charge in [0.2, 0.25) is 0 Å². The summed E-state index contributed by atoms with van der Waals surface area (Å²) in [6.45, 7) is 0. The summed E-state index contributed by atoms with van der Waals surface area (Å²) in [5.74, 6) is 0. The molecular formula is C42H28N2. The maximum absolute atomic E-state index is 2.54. The molecule has 2 aromatic heterocycles. The Balaban J connectivity index is 1.53. The van der Waals surface area contributed by atoms with Gasteiger partial charge in [-0.3, -0.25) is 0 Å². The minimum atomic E-state index is 1.16. The zero-order chi connectivity index (χ0) is 29.0. The monoisotopic (exact) mass is 560 g/mol. The molecule has 9 aromatic rings. The van der Waals surface area contributed by atoms with E-state index >= 15 is 0 Å². The van der Waals surface area contributed by atoms with Crippen molar-refractivity contribution in [2.24, 2.45) is 0 Å². The number of fused-ring (bicyclic) bond motifs is 7. The van der Waals surface area contributed by atoms with Crippen LogP contribution in [0.1, 0.15) is 0 Å². The van der Waals surface area contributed by atoms with Crippen LogP contribution in [0.4, 0.5) is 0 Å². The Morgan fingerprint density at radius 3 is 1.48 bits per heavy atom. The first-order valence-electron chi connectivity index (χ1n) is 15.1. The van der Waals surface area contributed by atoms with Crippen LogP contribution >= 0.6 is 0 Å². The van der Waals surface area contributed by atoms with Crippen LogP contribution in [0.3, 0.4) is 0 Å². The SMILES string of the molecule is c1ccc(-c2cccc(-c3ccccc3)c2-n2c3ccccc3c3ccc4c(c5ccccc5n4-c4ccccc4)c32)cc1. The zero-order valence-corrected chi connectivity index (χ0v) is 24.1. The Labute approximate surface area is 255 Å². The van der Waals surface area contributed by atoms with Crippen molar-refractivity contribution < 1.29 is 0 Å². The maximum atomic E-state index is 2.54. The second-order valence-corrected chi connectivity index (χ2v) is 11.3. The summed E-state index contributed by atoms with van der Waals surface area (Å²) < 4.78 is 4.95. The number of hydrogen-bond acceptors (Lipinski definition) is 0. The largest absolute Gasteiger partial charge is 0.309 e. The third kappa shape index (κ3) is 3.61. The molecule has 0 spiro atoms. The summed E-state index contributed by atoms with van der Waals surface area (Å²) in [6, 6.07) is 61.4. The van der Waals surface area contributed by atoms with Crippen molar-refractivity contribution in [1.82, 2.24) is 9.13 Å². The molecule has 2 nitrogen and oxygen atoms in total. The predicted molar refractivity (Wildman–Crippen MR) is 186 cm³/mol. The quantitative estimate of drug-likeness (QED) is 0.203. The van der Waals surface area contributed by atoms with Gasteiger partial charge in [-0.1, -0.05) is 140 Å². The van der Waals surface area contributed by atoms with Crippen molar-refractivity contribution in [3.63, 3.8) is 0 Å². The molecule has 0 bridgehead atoms. The average molecular weight is 561 g/mol. The Morgan fingerprint density at radius 1 is 0.318 bits per heavy atom. The molecule has 2 heterocycles. The van der Waals surface area contributed by atoms with Gasteiger partial charge in [-0.25, -0.2) is 0 Å². The number of para-hydroxylation sites is 4. The Bertz CT molecular complexity index is 2410. The highest BCUT2D eigenvalue weighted by Crippen LogP contribution is 2.45. The third-order valence-corrected chi connectivity index (χ3v) is 8.91. The molecule has 0 aliphatic rings. The molecule has 206 valence electrons. The van der Waals surface area contributed by atoms with Gasteiger partial charge in [0.1, 0.15) is 0 Å². The van der Waals surface area contributed by atoms with Crippen molar-refractivity contribution in [3.8, 4) is 33.6 Å². The van der Waals surface area contributed by atoms with Gasteiger partial charge in [-0.15, -0.1) is 0 Å². The van der Waals surface area contributed by atoms with Crippen molar-refractivity contribution in [2.75, 3.05) is 0 Å². The number of hydrogen-bond donors (Lipinski definition) is 0. The van der Waals surface area contributed by atoms with Crippen LogP contribution < -0.4 is 0 Å². The van der Waals surface area contributed by atoms with Crippen molar-refractivity contribution in [2.45, 2.75) is 0 Å². The summed E-state index contributed by atoms with van der Waals surface area (Å²) in [5.41, 5.74) is 12.0. The van der Waals surface area contributed by atoms with E-state index in [2.05, 4.69) is 179 Å². The molecule has 0 aliphatic carbocycles. The molecule has 0 N–H and O–H groups in total. The molecule has 0 radical (unpaired) electrons. The fourth-order valence-corrected chi connectivity index (χ4v) is 7.08. The highest BCUT2D eigenvalue weighted by molar-refractivity contribution is 6.26. The third-order valence-electron chi connectivity index (χ3n) is 8.91. The Kier molecular flexibility index (Phi) is 5.54. The first-order chi connectivity index (χ1) is 21.9. The number of benzene rings is 7. The Morgan fingerprint density at radius 2 is 0.841 bits per heavy atom. The fourth-order valence-electron chi connectivity index (χ4n) is 7.08. The molecule has 0 atom stereocenters. The highest BCUT2D eigenvalue weighted by atomic mass is 15.0. The normalized spacial score (nSPS) is 11.6. The molecule has 0 saturated heterocycles. The van der Waals surface area contributed by atoms with E-state index in [9.17, 15) is 0 Å². The van der Waals surface area contributed by atoms with E-state index < -0.39 is 0 Å². The molecule has 0 unspecified atom stereocenters. The van der Waals surface area contributed by atoms with Crippen LogP contribution in [-0.2, 0) is 0 Å². The highest BCUT2D eigenvalue weighted by Gasteiger charge is 2.23. The molecule has 0 aliphatic heterocycles. The van der Waals surface area contributed by atoms with E-state index in [0.717, 1.165) is 5.69 Å². The molecule has 0 saturated carbocycles. The van der Waals surface area contributed by atoms with E-state index in [1.165, 1.54) is 71.6 Å². The topological polar surface area (TPSA) is 9.86 Å². The van der Waals surface area contributed by atoms with Crippen LogP contribution in [-0.4, -0.2) is 9.13 Å². The van der Waals surface area contributed by atoms with E-state index in [-0.39, 0.29) is 0 Å². The summed E-state index contributed by atoms with van der Waals surface area (Å²) in [6.07, 6.45) is 0. The van der Waals surface area contributed by atoms with Gasteiger partial charge in [0.05, 0.1) is 27.8 Å². The zero-order valence-electron chi connectivity index (χ0n) is 24.1. The lowest BCUT2D eigenvalue weighted by atomic mass is 9.95. The fraction of sp³-hybridized carbons (Fsp3) is 0. The van der Waals surface area contributed by atoms with Crippen molar-refractivity contribution in [3.05, 3.63) is 170 Å². The summed E-state index contributed by atoms with van der Waals surface area (Å²) >= 11 is 0. The minimum Gasteiger partial charge on any atom is -0.309 e. The standard InChI is InChI=1S/C42H28N2/c1-4-15-29(16-5-1)32-23-14-24-33(30-17-6-2-7-18-30)41(32)44-37-25-12-10-21-34(37)35-27-28-39-40(42(35)44)36-22-11-13-26-38(36)43(39)31-19-8-3-9-20-31/h1-28H. The molecule has 0 amide bonds. The van der Waals surface area contributed by atoms with Gasteiger partial charge >= 0.3 is 0 Å². The minimum absolute atomic E-state index is 1.16. The lowest BCUT2D eigenvalue weighted by molar-refractivity contribution is 1.17. The van der Waals surface area contributed by atoms with Crippen LogP contribution in [0.5, 0.6) is 0 Å². The average Bonchev–Trinajstić information content (AvgIpc) is 3.62. The summed E-state index contributed by atoms with van der Waals surface area (Å²) in [5, 5.41) is 5.02. The van der Waals surface area contributed by atoms with Crippen LogP contribution in [0.25, 0.3) is 77.2 Å². The van der Waals surface area contributed by atoms with E-state index in [4.69, 9.17) is 0 Å². The predicted octanol–water partition coefficient (Wildman–Crippen LogP) is 11.2. The van der Waals surface area contributed by atoms with Gasteiger partial charge in [0, 0.05) is 38.4 Å². The lowest BCUT2D eigenvalue weighted by Gasteiger charge is -2.19.